The fraction of sp³-hybridized carbons (Fsp3) is 0.231. The summed E-state index contributed by atoms with van der Waals surface area (Å²) in [6.45, 7) is 0.277. The standard InChI is InChI=1S/C13H15NO4S3/c1-14(9-11-7-8-19-10-11)21(17,18)13-5-3-12(4-6-13)20(2,15)16/h3-8,10H,9H2,1-2H3. The van der Waals surface area contributed by atoms with Crippen LogP contribution in [0.3, 0.4) is 0 Å². The molecule has 0 N–H and O–H groups in total. The smallest absolute Gasteiger partial charge is 0.224 e. The summed E-state index contributed by atoms with van der Waals surface area (Å²) in [4.78, 5) is 0.176. The molecule has 1 aromatic carbocycles. The van der Waals surface area contributed by atoms with Crippen molar-refractivity contribution in [3.8, 4) is 0 Å². The van der Waals surface area contributed by atoms with Crippen LogP contribution in [0.15, 0.2) is 50.9 Å². The lowest BCUT2D eigenvalue weighted by molar-refractivity contribution is 0.467. The Morgan fingerprint density at radius 3 is 2.05 bits per heavy atom. The van der Waals surface area contributed by atoms with Crippen molar-refractivity contribution < 1.29 is 16.8 Å². The van der Waals surface area contributed by atoms with E-state index in [1.165, 1.54) is 47.0 Å². The second-order valence-electron chi connectivity index (χ2n) is 4.64. The van der Waals surface area contributed by atoms with Crippen molar-refractivity contribution >= 4 is 31.2 Å². The van der Waals surface area contributed by atoms with Crippen molar-refractivity contribution in [3.63, 3.8) is 0 Å². The minimum atomic E-state index is -3.63. The number of sulfone groups is 1. The highest BCUT2D eigenvalue weighted by atomic mass is 32.2. The fourth-order valence-electron chi connectivity index (χ4n) is 1.76. The predicted octanol–water partition coefficient (Wildman–Crippen LogP) is 1.97. The molecule has 0 spiro atoms. The minimum absolute atomic E-state index is 0.0765. The molecule has 0 atom stereocenters. The molecular formula is C13H15NO4S3. The van der Waals surface area contributed by atoms with Crippen molar-refractivity contribution in [1.29, 1.82) is 0 Å². The summed E-state index contributed by atoms with van der Waals surface area (Å²) in [7, 11) is -5.47. The molecule has 114 valence electrons. The van der Waals surface area contributed by atoms with Gasteiger partial charge in [0.2, 0.25) is 10.0 Å². The fourth-order valence-corrected chi connectivity index (χ4v) is 4.21. The van der Waals surface area contributed by atoms with Crippen LogP contribution < -0.4 is 0 Å². The monoisotopic (exact) mass is 345 g/mol. The number of hydrogen-bond acceptors (Lipinski definition) is 5. The molecule has 0 saturated heterocycles. The average Bonchev–Trinajstić information content (AvgIpc) is 2.90. The van der Waals surface area contributed by atoms with E-state index in [0.717, 1.165) is 11.8 Å². The minimum Gasteiger partial charge on any atom is -0.224 e. The molecule has 0 amide bonds. The molecule has 2 rings (SSSR count). The first kappa shape index (κ1) is 16.2. The highest BCUT2D eigenvalue weighted by Crippen LogP contribution is 2.19. The largest absolute Gasteiger partial charge is 0.243 e. The summed E-state index contributed by atoms with van der Waals surface area (Å²) < 4.78 is 48.8. The summed E-state index contributed by atoms with van der Waals surface area (Å²) in [6.07, 6.45) is 1.08. The molecule has 0 saturated carbocycles. The summed E-state index contributed by atoms with van der Waals surface area (Å²) in [5, 5.41) is 3.77. The Morgan fingerprint density at radius 1 is 1.00 bits per heavy atom. The lowest BCUT2D eigenvalue weighted by Crippen LogP contribution is -2.26. The third-order valence-corrected chi connectivity index (χ3v) is 6.62. The SMILES string of the molecule is CN(Cc1ccsc1)S(=O)(=O)c1ccc(S(C)(=O)=O)cc1. The third kappa shape index (κ3) is 3.70. The zero-order valence-corrected chi connectivity index (χ0v) is 14.0. The molecule has 2 aromatic rings. The van der Waals surface area contributed by atoms with Crippen LogP contribution in [0.4, 0.5) is 0 Å². The van der Waals surface area contributed by atoms with E-state index in [-0.39, 0.29) is 16.3 Å². The first-order valence-electron chi connectivity index (χ1n) is 5.99. The van der Waals surface area contributed by atoms with Gasteiger partial charge in [-0.1, -0.05) is 0 Å². The third-order valence-electron chi connectivity index (χ3n) is 2.95. The number of thiophene rings is 1. The summed E-state index contributed by atoms with van der Waals surface area (Å²) in [5.41, 5.74) is 0.916. The zero-order chi connectivity index (χ0) is 15.7. The van der Waals surface area contributed by atoms with Crippen LogP contribution in [0, 0.1) is 0 Å². The van der Waals surface area contributed by atoms with E-state index in [4.69, 9.17) is 0 Å². The average molecular weight is 345 g/mol. The second-order valence-corrected chi connectivity index (χ2v) is 9.48. The van der Waals surface area contributed by atoms with Crippen molar-refractivity contribution in [3.05, 3.63) is 46.7 Å². The van der Waals surface area contributed by atoms with Gasteiger partial charge in [-0.2, -0.15) is 15.6 Å². The molecule has 0 unspecified atom stereocenters. The van der Waals surface area contributed by atoms with Gasteiger partial charge in [0, 0.05) is 19.8 Å². The number of benzene rings is 1. The maximum absolute atomic E-state index is 12.4. The van der Waals surface area contributed by atoms with E-state index in [1.807, 2.05) is 16.8 Å². The number of nitrogens with zero attached hydrogens (tertiary/aromatic N) is 1. The topological polar surface area (TPSA) is 71.5 Å². The molecule has 21 heavy (non-hydrogen) atoms. The molecule has 0 aliphatic carbocycles. The Morgan fingerprint density at radius 2 is 1.57 bits per heavy atom. The zero-order valence-electron chi connectivity index (χ0n) is 11.6. The van der Waals surface area contributed by atoms with Gasteiger partial charge in [0.15, 0.2) is 9.84 Å². The number of hydrogen-bond donors (Lipinski definition) is 0. The van der Waals surface area contributed by atoms with Gasteiger partial charge in [0.05, 0.1) is 9.79 Å². The van der Waals surface area contributed by atoms with Gasteiger partial charge < -0.3 is 0 Å². The molecule has 1 heterocycles. The molecule has 0 bridgehead atoms. The van der Waals surface area contributed by atoms with Crippen molar-refractivity contribution in [2.24, 2.45) is 0 Å². The van der Waals surface area contributed by atoms with E-state index in [1.54, 1.807) is 0 Å². The van der Waals surface area contributed by atoms with Gasteiger partial charge in [-0.3, -0.25) is 0 Å². The van der Waals surface area contributed by atoms with Crippen molar-refractivity contribution in [2.45, 2.75) is 16.3 Å². The summed E-state index contributed by atoms with van der Waals surface area (Å²) in [6, 6.07) is 7.11. The van der Waals surface area contributed by atoms with Crippen molar-refractivity contribution in [1.82, 2.24) is 4.31 Å². The van der Waals surface area contributed by atoms with Gasteiger partial charge in [-0.15, -0.1) is 0 Å². The predicted molar refractivity (Wildman–Crippen MR) is 82.5 cm³/mol. The van der Waals surface area contributed by atoms with Gasteiger partial charge >= 0.3 is 0 Å². The van der Waals surface area contributed by atoms with Crippen LogP contribution in [0.5, 0.6) is 0 Å². The number of rotatable bonds is 5. The van der Waals surface area contributed by atoms with Crippen LogP contribution in [-0.4, -0.2) is 34.4 Å². The van der Waals surface area contributed by atoms with Crippen LogP contribution >= 0.6 is 11.3 Å². The van der Waals surface area contributed by atoms with Crippen molar-refractivity contribution in [2.75, 3.05) is 13.3 Å². The molecule has 8 heteroatoms. The Bertz CT molecular complexity index is 807. The molecule has 1 aromatic heterocycles. The molecular weight excluding hydrogens is 330 g/mol. The normalized spacial score (nSPS) is 12.7. The Hall–Kier alpha value is -1.22. The number of sulfonamides is 1. The van der Waals surface area contributed by atoms with Gasteiger partial charge in [-0.25, -0.2) is 16.8 Å². The lowest BCUT2D eigenvalue weighted by Gasteiger charge is -2.16. The highest BCUT2D eigenvalue weighted by molar-refractivity contribution is 7.90. The maximum atomic E-state index is 12.4. The van der Waals surface area contributed by atoms with Crippen LogP contribution in [-0.2, 0) is 26.4 Å². The van der Waals surface area contributed by atoms with E-state index < -0.39 is 19.9 Å². The Kier molecular flexibility index (Phi) is 4.52. The van der Waals surface area contributed by atoms with E-state index in [2.05, 4.69) is 0 Å². The molecule has 0 aliphatic heterocycles. The highest BCUT2D eigenvalue weighted by Gasteiger charge is 2.21. The molecule has 5 nitrogen and oxygen atoms in total. The quantitative estimate of drug-likeness (QED) is 0.831. The Labute approximate surface area is 128 Å². The van der Waals surface area contributed by atoms with Gasteiger partial charge in [0.25, 0.3) is 0 Å². The van der Waals surface area contributed by atoms with Gasteiger partial charge in [0.1, 0.15) is 0 Å². The van der Waals surface area contributed by atoms with Crippen LogP contribution in [0.1, 0.15) is 5.56 Å². The molecule has 0 aliphatic rings. The molecule has 0 fully saturated rings. The van der Waals surface area contributed by atoms with E-state index in [0.29, 0.717) is 0 Å². The summed E-state index contributed by atoms with van der Waals surface area (Å²) in [5.74, 6) is 0. The first-order valence-corrected chi connectivity index (χ1v) is 10.3. The Balaban J connectivity index is 2.27. The second kappa shape index (κ2) is 5.88. The van der Waals surface area contributed by atoms with Crippen LogP contribution in [0.2, 0.25) is 0 Å². The molecule has 0 radical (unpaired) electrons. The van der Waals surface area contributed by atoms with Gasteiger partial charge in [-0.05, 0) is 46.7 Å². The van der Waals surface area contributed by atoms with Crippen LogP contribution in [0.25, 0.3) is 0 Å². The maximum Gasteiger partial charge on any atom is 0.243 e. The van der Waals surface area contributed by atoms with E-state index in [9.17, 15) is 16.8 Å². The summed E-state index contributed by atoms with van der Waals surface area (Å²) >= 11 is 1.50. The first-order chi connectivity index (χ1) is 9.71. The van der Waals surface area contributed by atoms with E-state index >= 15 is 0 Å². The lowest BCUT2D eigenvalue weighted by atomic mass is 10.3.